The summed E-state index contributed by atoms with van der Waals surface area (Å²) in [6.45, 7) is 4.70. The summed E-state index contributed by atoms with van der Waals surface area (Å²) in [5, 5.41) is 10.8. The largest absolute Gasteiger partial charge is 0.504 e. The molecule has 1 unspecified atom stereocenters. The monoisotopic (exact) mass is 509 g/mol. The summed E-state index contributed by atoms with van der Waals surface area (Å²) < 4.78 is 6.70. The fourth-order valence-corrected chi connectivity index (χ4v) is 8.80. The quantitative estimate of drug-likeness (QED) is 0.518. The lowest BCUT2D eigenvalue weighted by atomic mass is 9.51. The molecule has 2 fully saturated rings. The smallest absolute Gasteiger partial charge is 0.270 e. The second-order valence-corrected chi connectivity index (χ2v) is 12.3. The summed E-state index contributed by atoms with van der Waals surface area (Å²) in [6.07, 6.45) is 4.76. The van der Waals surface area contributed by atoms with Crippen LogP contribution in [0.1, 0.15) is 75.3 Å². The fraction of sp³-hybridized carbons (Fsp3) is 0.469. The molecule has 2 aromatic carbocycles. The molecule has 3 aliphatic heterocycles. The molecule has 8 rings (SSSR count). The molecule has 196 valence electrons. The van der Waals surface area contributed by atoms with Gasteiger partial charge in [0.25, 0.3) is 5.91 Å². The number of piperidine rings is 2. The van der Waals surface area contributed by atoms with Gasteiger partial charge in [-0.2, -0.15) is 0 Å². The number of fused-ring (bicyclic) bond motifs is 2. The van der Waals surface area contributed by atoms with Gasteiger partial charge in [-0.3, -0.25) is 4.79 Å². The van der Waals surface area contributed by atoms with Gasteiger partial charge in [0.1, 0.15) is 11.8 Å². The number of likely N-dealkylation sites (N-methyl/N-ethyl adjacent to an activating group) is 1. The normalized spacial score (nSPS) is 29.5. The van der Waals surface area contributed by atoms with E-state index in [1.807, 2.05) is 4.90 Å². The van der Waals surface area contributed by atoms with Crippen LogP contribution in [0, 0.1) is 12.8 Å². The van der Waals surface area contributed by atoms with E-state index in [1.54, 1.807) is 6.07 Å². The predicted molar refractivity (Wildman–Crippen MR) is 145 cm³/mol. The Bertz CT molecular complexity index is 1450. The Morgan fingerprint density at radius 2 is 1.87 bits per heavy atom. The summed E-state index contributed by atoms with van der Waals surface area (Å²) in [4.78, 5) is 22.1. The van der Waals surface area contributed by atoms with Gasteiger partial charge in [0.15, 0.2) is 11.5 Å². The molecule has 6 nitrogen and oxygen atoms in total. The van der Waals surface area contributed by atoms with Gasteiger partial charge >= 0.3 is 0 Å². The number of likely N-dealkylation sites (tertiary alicyclic amines) is 2. The molecule has 2 aliphatic carbocycles. The molecule has 0 saturated carbocycles. The van der Waals surface area contributed by atoms with Crippen LogP contribution in [-0.4, -0.2) is 58.5 Å². The number of aromatic amines is 1. The van der Waals surface area contributed by atoms with Crippen molar-refractivity contribution in [1.29, 1.82) is 0 Å². The number of aromatic nitrogens is 1. The lowest BCUT2D eigenvalue weighted by Gasteiger charge is -2.57. The fourth-order valence-electron chi connectivity index (χ4n) is 8.80. The van der Waals surface area contributed by atoms with Crippen LogP contribution in [0.2, 0.25) is 0 Å². The van der Waals surface area contributed by atoms with Crippen LogP contribution in [0.25, 0.3) is 0 Å². The number of benzene rings is 2. The minimum atomic E-state index is -0.182. The Hall–Kier alpha value is -3.25. The van der Waals surface area contributed by atoms with Crippen LogP contribution in [0.3, 0.4) is 0 Å². The molecule has 1 aromatic heterocycles. The Labute approximate surface area is 223 Å². The first-order valence-corrected chi connectivity index (χ1v) is 14.2. The van der Waals surface area contributed by atoms with Crippen LogP contribution in [0.5, 0.6) is 11.5 Å². The van der Waals surface area contributed by atoms with Crippen molar-refractivity contribution in [3.05, 3.63) is 81.7 Å². The molecule has 1 amide bonds. The zero-order chi connectivity index (χ0) is 25.8. The Kier molecular flexibility index (Phi) is 4.71. The van der Waals surface area contributed by atoms with E-state index in [4.69, 9.17) is 4.74 Å². The lowest BCUT2D eigenvalue weighted by molar-refractivity contribution is -0.0256. The number of hydrogen-bond acceptors (Lipinski definition) is 4. The van der Waals surface area contributed by atoms with Crippen molar-refractivity contribution in [3.63, 3.8) is 0 Å². The Morgan fingerprint density at radius 3 is 2.66 bits per heavy atom. The van der Waals surface area contributed by atoms with Crippen molar-refractivity contribution in [1.82, 2.24) is 14.8 Å². The molecule has 2 bridgehead atoms. The van der Waals surface area contributed by atoms with Crippen LogP contribution in [-0.2, 0) is 18.3 Å². The first-order chi connectivity index (χ1) is 18.5. The maximum atomic E-state index is 13.9. The number of nitrogens with one attached hydrogen (secondary N) is 1. The summed E-state index contributed by atoms with van der Waals surface area (Å²) in [5.74, 6) is 1.96. The third kappa shape index (κ3) is 2.84. The molecule has 5 aliphatic rings. The van der Waals surface area contributed by atoms with Crippen molar-refractivity contribution >= 4 is 5.91 Å². The van der Waals surface area contributed by atoms with Crippen molar-refractivity contribution in [2.75, 3.05) is 26.7 Å². The highest BCUT2D eigenvalue weighted by atomic mass is 16.5. The zero-order valence-electron chi connectivity index (χ0n) is 22.2. The van der Waals surface area contributed by atoms with Gasteiger partial charge in [-0.1, -0.05) is 36.4 Å². The first-order valence-electron chi connectivity index (χ1n) is 14.2. The van der Waals surface area contributed by atoms with E-state index >= 15 is 0 Å². The minimum absolute atomic E-state index is 0.114. The van der Waals surface area contributed by atoms with Crippen molar-refractivity contribution in [3.8, 4) is 11.5 Å². The van der Waals surface area contributed by atoms with Crippen molar-refractivity contribution < 1.29 is 14.6 Å². The van der Waals surface area contributed by atoms with Gasteiger partial charge in [0.2, 0.25) is 0 Å². The number of aromatic hydroxyl groups is 1. The van der Waals surface area contributed by atoms with Crippen LogP contribution in [0.15, 0.2) is 42.5 Å². The topological polar surface area (TPSA) is 68.8 Å². The second-order valence-electron chi connectivity index (χ2n) is 12.3. The van der Waals surface area contributed by atoms with E-state index in [0.717, 1.165) is 68.7 Å². The average molecular weight is 510 g/mol. The molecule has 1 spiro atoms. The second kappa shape index (κ2) is 7.89. The molecule has 0 radical (unpaired) electrons. The number of carbonyl (C=O) groups is 1. The summed E-state index contributed by atoms with van der Waals surface area (Å²) in [6, 6.07) is 15.0. The number of ether oxygens (including phenoxy) is 1. The number of rotatable bonds is 2. The van der Waals surface area contributed by atoms with Crippen molar-refractivity contribution in [2.45, 2.75) is 62.5 Å². The SMILES string of the molecule is Cc1c(C(=O)N2CCC(c3ccccc3)CC2)[nH]c2c1C[C@H]1[C@@H]3Cc4ccc(O)c5c4C1(CCN3C)[C@H]2O5. The Balaban J connectivity index is 1.15. The van der Waals surface area contributed by atoms with Gasteiger partial charge < -0.3 is 24.6 Å². The number of phenols is 1. The van der Waals surface area contributed by atoms with Gasteiger partial charge in [-0.15, -0.1) is 0 Å². The van der Waals surface area contributed by atoms with Crippen molar-refractivity contribution in [2.24, 2.45) is 5.92 Å². The number of hydrogen-bond donors (Lipinski definition) is 2. The lowest BCUT2D eigenvalue weighted by Crippen LogP contribution is -2.62. The van der Waals surface area contributed by atoms with E-state index in [1.165, 1.54) is 22.3 Å². The van der Waals surface area contributed by atoms with E-state index in [0.29, 0.717) is 23.6 Å². The zero-order valence-corrected chi connectivity index (χ0v) is 22.2. The van der Waals surface area contributed by atoms with E-state index in [9.17, 15) is 9.90 Å². The predicted octanol–water partition coefficient (Wildman–Crippen LogP) is 4.85. The minimum Gasteiger partial charge on any atom is -0.504 e. The maximum Gasteiger partial charge on any atom is 0.270 e. The standard InChI is InChI=1S/C32H35N3O3/c1-18-22-17-23-24-16-21-8-9-25(36)29-26(21)32(23,12-15-34(24)2)30(38-29)28(22)33-27(18)31(37)35-13-10-20(11-14-35)19-6-4-3-5-7-19/h3-9,20,23-24,30,33,36H,10-17H2,1-2H3/t23-,24-,30-,32?/m0/s1. The molecule has 4 atom stereocenters. The summed E-state index contributed by atoms with van der Waals surface area (Å²) in [5.41, 5.74) is 7.93. The Morgan fingerprint density at radius 1 is 1.08 bits per heavy atom. The molecule has 3 aromatic rings. The molecule has 4 heterocycles. The highest BCUT2D eigenvalue weighted by Gasteiger charge is 2.65. The highest BCUT2D eigenvalue weighted by molar-refractivity contribution is 5.94. The van der Waals surface area contributed by atoms with Crippen LogP contribution < -0.4 is 4.74 Å². The third-order valence-electron chi connectivity index (χ3n) is 10.8. The molecular formula is C32H35N3O3. The van der Waals surface area contributed by atoms with Crippen LogP contribution in [0.4, 0.5) is 0 Å². The number of carbonyl (C=O) groups excluding carboxylic acids is 1. The van der Waals surface area contributed by atoms with E-state index in [2.05, 4.69) is 60.3 Å². The molecule has 6 heteroatoms. The molecule has 38 heavy (non-hydrogen) atoms. The number of H-pyrrole nitrogens is 1. The number of amides is 1. The van der Waals surface area contributed by atoms with E-state index in [-0.39, 0.29) is 23.2 Å². The van der Waals surface area contributed by atoms with Gasteiger partial charge in [-0.05, 0) is 92.8 Å². The van der Waals surface area contributed by atoms with E-state index < -0.39 is 0 Å². The van der Waals surface area contributed by atoms with Gasteiger partial charge in [0.05, 0.1) is 5.69 Å². The summed E-state index contributed by atoms with van der Waals surface area (Å²) >= 11 is 0. The third-order valence-corrected chi connectivity index (χ3v) is 10.8. The average Bonchev–Trinajstić information content (AvgIpc) is 3.47. The van der Waals surface area contributed by atoms with Crippen LogP contribution >= 0.6 is 0 Å². The van der Waals surface area contributed by atoms with Gasteiger partial charge in [0, 0.05) is 30.1 Å². The van der Waals surface area contributed by atoms with Gasteiger partial charge in [-0.25, -0.2) is 0 Å². The number of nitrogens with zero attached hydrogens (tertiary/aromatic N) is 2. The first kappa shape index (κ1) is 22.7. The highest BCUT2D eigenvalue weighted by Crippen LogP contribution is 2.67. The summed E-state index contributed by atoms with van der Waals surface area (Å²) in [7, 11) is 2.25. The number of phenolic OH excluding ortho intramolecular Hbond substituents is 1. The molecular weight excluding hydrogens is 474 g/mol. The molecule has 2 saturated heterocycles. The maximum absolute atomic E-state index is 13.9. The molecule has 2 N–H and O–H groups in total.